The number of fused-ring (bicyclic) bond motifs is 3. The number of sulfonamides is 1. The number of carbonyl (C=O) groups excluding carboxylic acids is 1. The Balaban J connectivity index is 1.63. The highest BCUT2D eigenvalue weighted by Gasteiger charge is 2.39. The Hall–Kier alpha value is -2.85. The van der Waals surface area contributed by atoms with E-state index < -0.39 is 27.8 Å². The summed E-state index contributed by atoms with van der Waals surface area (Å²) in [5.74, 6) is 0. The van der Waals surface area contributed by atoms with E-state index in [1.165, 1.54) is 10.4 Å². The molecule has 0 saturated heterocycles. The van der Waals surface area contributed by atoms with Crippen LogP contribution in [0.1, 0.15) is 40.5 Å². The van der Waals surface area contributed by atoms with Crippen molar-refractivity contribution in [3.8, 4) is 0 Å². The number of aromatic amines is 2. The largest absolute Gasteiger partial charge is 0.444 e. The van der Waals surface area contributed by atoms with Gasteiger partial charge in [-0.25, -0.2) is 13.2 Å². The van der Waals surface area contributed by atoms with Gasteiger partial charge in [-0.15, -0.1) is 0 Å². The van der Waals surface area contributed by atoms with Crippen molar-refractivity contribution in [2.75, 3.05) is 6.54 Å². The fourth-order valence-electron chi connectivity index (χ4n) is 3.75. The molecule has 0 aliphatic heterocycles. The van der Waals surface area contributed by atoms with Crippen LogP contribution in [-0.2, 0) is 14.8 Å². The number of alkyl carbamates (subject to hydrolysis) is 1. The van der Waals surface area contributed by atoms with Crippen molar-refractivity contribution in [3.63, 3.8) is 0 Å². The average Bonchev–Trinajstić information content (AvgIpc) is 3.38. The van der Waals surface area contributed by atoms with Gasteiger partial charge in [0.1, 0.15) is 11.1 Å². The third-order valence-corrected chi connectivity index (χ3v) is 7.20. The Labute approximate surface area is 186 Å². The number of nitrogens with one attached hydrogen (secondary N) is 3. The van der Waals surface area contributed by atoms with Gasteiger partial charge in [0.05, 0.1) is 4.90 Å². The van der Waals surface area contributed by atoms with Gasteiger partial charge in [0, 0.05) is 41.1 Å². The lowest BCUT2D eigenvalue weighted by Gasteiger charge is -2.27. The molecule has 3 N–H and O–H groups in total. The zero-order valence-electron chi connectivity index (χ0n) is 18.6. The van der Waals surface area contributed by atoms with Crippen molar-refractivity contribution < 1.29 is 17.9 Å². The summed E-state index contributed by atoms with van der Waals surface area (Å²) < 4.78 is 33.8. The van der Waals surface area contributed by atoms with E-state index in [1.807, 2.05) is 0 Å². The van der Waals surface area contributed by atoms with E-state index in [-0.39, 0.29) is 23.0 Å². The van der Waals surface area contributed by atoms with E-state index in [0.717, 1.165) is 12.8 Å². The second-order valence-electron chi connectivity index (χ2n) is 9.28. The predicted octanol–water partition coefficient (Wildman–Crippen LogP) is 3.08. The summed E-state index contributed by atoms with van der Waals surface area (Å²) in [7, 11) is -3.82. The highest BCUT2D eigenvalue weighted by Crippen LogP contribution is 2.33. The van der Waals surface area contributed by atoms with E-state index in [9.17, 15) is 18.0 Å². The van der Waals surface area contributed by atoms with Crippen LogP contribution in [-0.4, -0.2) is 53.0 Å². The van der Waals surface area contributed by atoms with Gasteiger partial charge in [-0.3, -0.25) is 4.79 Å². The van der Waals surface area contributed by atoms with Crippen molar-refractivity contribution in [3.05, 3.63) is 40.8 Å². The zero-order valence-corrected chi connectivity index (χ0v) is 19.4. The van der Waals surface area contributed by atoms with Gasteiger partial charge in [0.15, 0.2) is 0 Å². The number of ether oxygens (including phenoxy) is 1. The van der Waals surface area contributed by atoms with E-state index >= 15 is 0 Å². The normalized spacial score (nSPS) is 15.9. The molecule has 1 saturated carbocycles. The Kier molecular flexibility index (Phi) is 5.54. The minimum Gasteiger partial charge on any atom is -0.444 e. The first-order valence-corrected chi connectivity index (χ1v) is 12.0. The summed E-state index contributed by atoms with van der Waals surface area (Å²) in [5.41, 5.74) is 0.0804. The third-order valence-electron chi connectivity index (χ3n) is 5.28. The Morgan fingerprint density at radius 1 is 1.25 bits per heavy atom. The summed E-state index contributed by atoms with van der Waals surface area (Å²) >= 11 is 0. The maximum atomic E-state index is 13.6. The molecule has 1 amide bonds. The molecule has 0 spiro atoms. The fourth-order valence-corrected chi connectivity index (χ4v) is 5.55. The Morgan fingerprint density at radius 2 is 1.97 bits per heavy atom. The molecule has 2 aromatic heterocycles. The van der Waals surface area contributed by atoms with Crippen LogP contribution in [0.3, 0.4) is 0 Å². The average molecular weight is 461 g/mol. The lowest BCUT2D eigenvalue weighted by molar-refractivity contribution is 0.0503. The number of carbonyl (C=O) groups is 1. The highest BCUT2D eigenvalue weighted by atomic mass is 32.2. The van der Waals surface area contributed by atoms with Crippen molar-refractivity contribution >= 4 is 37.9 Å². The molecule has 1 aliphatic carbocycles. The van der Waals surface area contributed by atoms with Gasteiger partial charge in [0.25, 0.3) is 5.56 Å². The summed E-state index contributed by atoms with van der Waals surface area (Å²) in [4.78, 5) is 30.1. The first-order chi connectivity index (χ1) is 15.0. The van der Waals surface area contributed by atoms with Gasteiger partial charge in [-0.2, -0.15) is 4.31 Å². The van der Waals surface area contributed by atoms with Crippen LogP contribution >= 0.6 is 0 Å². The smallest absolute Gasteiger partial charge is 0.407 e. The predicted molar refractivity (Wildman–Crippen MR) is 122 cm³/mol. The summed E-state index contributed by atoms with van der Waals surface area (Å²) in [6.45, 7) is 7.20. The first-order valence-electron chi connectivity index (χ1n) is 10.6. The molecule has 172 valence electrons. The van der Waals surface area contributed by atoms with Crippen LogP contribution < -0.4 is 10.9 Å². The summed E-state index contributed by atoms with van der Waals surface area (Å²) in [6, 6.07) is 5.94. The molecule has 1 aromatic carbocycles. The first kappa shape index (κ1) is 22.3. The van der Waals surface area contributed by atoms with Crippen LogP contribution in [0.2, 0.25) is 0 Å². The number of hydrogen-bond acceptors (Lipinski definition) is 5. The second kappa shape index (κ2) is 7.93. The molecule has 3 aromatic rings. The molecule has 0 unspecified atom stereocenters. The maximum absolute atomic E-state index is 13.6. The number of pyridine rings is 1. The standard InChI is InChI=1S/C22H28N4O5S/c1-13(24-21(28)31-22(2,3)4)12-26(14-5-6-14)32(29,30)15-7-8-18-17(11-15)16-9-10-23-19(16)20(27)25-18/h7-11,13-14,23H,5-6,12H2,1-4H3,(H,24,28)(H,25,27)/t13-/m1/s1. The van der Waals surface area contributed by atoms with Crippen molar-refractivity contribution in [1.29, 1.82) is 0 Å². The van der Waals surface area contributed by atoms with E-state index in [2.05, 4.69) is 15.3 Å². The lowest BCUT2D eigenvalue weighted by atomic mass is 10.1. The van der Waals surface area contributed by atoms with Crippen LogP contribution in [0, 0.1) is 0 Å². The van der Waals surface area contributed by atoms with Crippen LogP contribution in [0.5, 0.6) is 0 Å². The molecule has 0 radical (unpaired) electrons. The van der Waals surface area contributed by atoms with Crippen LogP contribution in [0.25, 0.3) is 21.8 Å². The molecular weight excluding hydrogens is 432 g/mol. The minimum atomic E-state index is -3.82. The quantitative estimate of drug-likeness (QED) is 0.521. The molecule has 4 rings (SSSR count). The number of nitrogens with zero attached hydrogens (tertiary/aromatic N) is 1. The van der Waals surface area contributed by atoms with Crippen LogP contribution in [0.4, 0.5) is 4.79 Å². The molecule has 0 bridgehead atoms. The van der Waals surface area contributed by atoms with Gasteiger partial charge in [0.2, 0.25) is 10.0 Å². The molecule has 9 nitrogen and oxygen atoms in total. The number of rotatable bonds is 6. The van der Waals surface area contributed by atoms with Crippen molar-refractivity contribution in [2.24, 2.45) is 0 Å². The van der Waals surface area contributed by atoms with Crippen molar-refractivity contribution in [2.45, 2.75) is 63.1 Å². The van der Waals surface area contributed by atoms with E-state index in [1.54, 1.807) is 52.1 Å². The van der Waals surface area contributed by atoms with Gasteiger partial charge >= 0.3 is 6.09 Å². The Bertz CT molecular complexity index is 1330. The highest BCUT2D eigenvalue weighted by molar-refractivity contribution is 7.89. The number of H-pyrrole nitrogens is 2. The lowest BCUT2D eigenvalue weighted by Crippen LogP contribution is -2.46. The second-order valence-corrected chi connectivity index (χ2v) is 11.2. The maximum Gasteiger partial charge on any atom is 0.407 e. The van der Waals surface area contributed by atoms with Crippen LogP contribution in [0.15, 0.2) is 40.2 Å². The third kappa shape index (κ3) is 4.51. The molecule has 1 atom stereocenters. The number of amides is 1. The number of benzene rings is 1. The van der Waals surface area contributed by atoms with E-state index in [0.29, 0.717) is 21.8 Å². The summed E-state index contributed by atoms with van der Waals surface area (Å²) in [6.07, 6.45) is 2.63. The fraction of sp³-hybridized carbons (Fsp3) is 0.455. The Morgan fingerprint density at radius 3 is 2.62 bits per heavy atom. The zero-order chi connectivity index (χ0) is 23.3. The SMILES string of the molecule is C[C@H](CN(C1CC1)S(=O)(=O)c1ccc2[nH]c(=O)c3[nH]ccc3c2c1)NC(=O)OC(C)(C)C. The molecule has 1 fully saturated rings. The van der Waals surface area contributed by atoms with Gasteiger partial charge in [-0.05, 0) is 64.8 Å². The minimum absolute atomic E-state index is 0.0959. The number of hydrogen-bond donors (Lipinski definition) is 3. The molecule has 32 heavy (non-hydrogen) atoms. The molecule has 10 heteroatoms. The molecular formula is C22H28N4O5S. The topological polar surface area (TPSA) is 124 Å². The van der Waals surface area contributed by atoms with Crippen molar-refractivity contribution in [1.82, 2.24) is 19.6 Å². The van der Waals surface area contributed by atoms with E-state index in [4.69, 9.17) is 4.74 Å². The summed E-state index contributed by atoms with van der Waals surface area (Å²) in [5, 5.41) is 4.03. The van der Waals surface area contributed by atoms with Gasteiger partial charge < -0.3 is 20.0 Å². The van der Waals surface area contributed by atoms with Gasteiger partial charge in [-0.1, -0.05) is 0 Å². The molecule has 2 heterocycles. The molecule has 1 aliphatic rings. The number of aromatic nitrogens is 2. The monoisotopic (exact) mass is 460 g/mol.